The molecule has 0 atom stereocenters. The molecule has 0 N–H and O–H groups in total. The molecule has 0 radical (unpaired) electrons. The average molecular weight is 252 g/mol. The fourth-order valence-electron chi connectivity index (χ4n) is 1.33. The lowest BCUT2D eigenvalue weighted by Gasteiger charge is -2.08. The van der Waals surface area contributed by atoms with Gasteiger partial charge in [0.2, 0.25) is 0 Å². The Morgan fingerprint density at radius 1 is 1.29 bits per heavy atom. The average Bonchev–Trinajstić information content (AvgIpc) is 2.29. The van der Waals surface area contributed by atoms with Crippen molar-refractivity contribution in [3.8, 4) is 0 Å². The lowest BCUT2D eigenvalue weighted by atomic mass is 10.2. The fourth-order valence-corrected chi connectivity index (χ4v) is 2.44. The minimum atomic E-state index is -3.23. The standard InChI is InChI=1S/C13H16O3S/c1-11(2)17(15,16)13-8-5-7-12(10-13)6-3-4-9-14/h3,5-11H,4H2,1-2H3. The molecule has 1 rings (SSSR count). The van der Waals surface area contributed by atoms with Crippen molar-refractivity contribution in [2.24, 2.45) is 0 Å². The first-order valence-corrected chi connectivity index (χ1v) is 6.97. The molecule has 0 amide bonds. The number of carbonyl (C=O) groups excluding carboxylic acids is 1. The second-order valence-corrected chi connectivity index (χ2v) is 6.48. The van der Waals surface area contributed by atoms with Crippen molar-refractivity contribution < 1.29 is 13.2 Å². The molecule has 4 heteroatoms. The van der Waals surface area contributed by atoms with Crippen molar-refractivity contribution in [1.29, 1.82) is 0 Å². The van der Waals surface area contributed by atoms with Crippen LogP contribution in [0.15, 0.2) is 35.2 Å². The highest BCUT2D eigenvalue weighted by Gasteiger charge is 2.18. The van der Waals surface area contributed by atoms with Gasteiger partial charge in [-0.15, -0.1) is 0 Å². The summed E-state index contributed by atoms with van der Waals surface area (Å²) in [6, 6.07) is 6.72. The van der Waals surface area contributed by atoms with Crippen LogP contribution in [0.4, 0.5) is 0 Å². The monoisotopic (exact) mass is 252 g/mol. The minimum absolute atomic E-state index is 0.320. The molecule has 0 saturated heterocycles. The molecule has 3 nitrogen and oxygen atoms in total. The number of sulfone groups is 1. The lowest BCUT2D eigenvalue weighted by molar-refractivity contribution is -0.107. The van der Waals surface area contributed by atoms with E-state index in [1.54, 1.807) is 50.3 Å². The fraction of sp³-hybridized carbons (Fsp3) is 0.308. The normalized spacial score (nSPS) is 12.2. The highest BCUT2D eigenvalue weighted by Crippen LogP contribution is 2.17. The molecule has 0 aliphatic rings. The Balaban J connectivity index is 3.06. The summed E-state index contributed by atoms with van der Waals surface area (Å²) in [5.41, 5.74) is 0.786. The van der Waals surface area contributed by atoms with E-state index < -0.39 is 15.1 Å². The van der Waals surface area contributed by atoms with Crippen LogP contribution in [0.5, 0.6) is 0 Å². The van der Waals surface area contributed by atoms with E-state index in [1.165, 1.54) is 0 Å². The highest BCUT2D eigenvalue weighted by molar-refractivity contribution is 7.92. The Bertz CT molecular complexity index is 513. The van der Waals surface area contributed by atoms with E-state index in [1.807, 2.05) is 0 Å². The number of benzene rings is 1. The van der Waals surface area contributed by atoms with Crippen LogP contribution in [-0.4, -0.2) is 20.0 Å². The van der Waals surface area contributed by atoms with Gasteiger partial charge in [0.15, 0.2) is 9.84 Å². The first kappa shape index (κ1) is 13.6. The second kappa shape index (κ2) is 5.77. The third kappa shape index (κ3) is 3.53. The Morgan fingerprint density at radius 3 is 2.59 bits per heavy atom. The highest BCUT2D eigenvalue weighted by atomic mass is 32.2. The molecule has 92 valence electrons. The molecule has 0 spiro atoms. The summed E-state index contributed by atoms with van der Waals surface area (Å²) < 4.78 is 23.9. The predicted octanol–water partition coefficient (Wildman–Crippen LogP) is 2.47. The van der Waals surface area contributed by atoms with Crippen molar-refractivity contribution in [2.45, 2.75) is 30.4 Å². The van der Waals surface area contributed by atoms with Crippen LogP contribution >= 0.6 is 0 Å². The third-order valence-electron chi connectivity index (χ3n) is 2.35. The van der Waals surface area contributed by atoms with E-state index in [4.69, 9.17) is 0 Å². The molecule has 0 saturated carbocycles. The van der Waals surface area contributed by atoms with Crippen molar-refractivity contribution in [3.05, 3.63) is 35.9 Å². The van der Waals surface area contributed by atoms with Crippen LogP contribution in [-0.2, 0) is 14.6 Å². The van der Waals surface area contributed by atoms with Gasteiger partial charge in [-0.25, -0.2) is 8.42 Å². The zero-order valence-electron chi connectivity index (χ0n) is 9.96. The Hall–Kier alpha value is -1.42. The van der Waals surface area contributed by atoms with Gasteiger partial charge in [0, 0.05) is 6.42 Å². The number of carbonyl (C=O) groups is 1. The van der Waals surface area contributed by atoms with Crippen molar-refractivity contribution >= 4 is 22.2 Å². The molecule has 0 fully saturated rings. The van der Waals surface area contributed by atoms with E-state index in [9.17, 15) is 13.2 Å². The van der Waals surface area contributed by atoms with E-state index in [0.29, 0.717) is 11.3 Å². The molecular weight excluding hydrogens is 236 g/mol. The van der Waals surface area contributed by atoms with E-state index in [2.05, 4.69) is 0 Å². The van der Waals surface area contributed by atoms with Gasteiger partial charge in [-0.2, -0.15) is 0 Å². The SMILES string of the molecule is CC(C)S(=O)(=O)c1cccc(C=CCC=O)c1. The smallest absolute Gasteiger partial charge is 0.180 e. The zero-order chi connectivity index (χ0) is 12.9. The van der Waals surface area contributed by atoms with Crippen LogP contribution in [0.2, 0.25) is 0 Å². The van der Waals surface area contributed by atoms with Crippen LogP contribution < -0.4 is 0 Å². The molecule has 1 aromatic carbocycles. The molecule has 1 aromatic rings. The maximum absolute atomic E-state index is 11.9. The van der Waals surface area contributed by atoms with Crippen molar-refractivity contribution in [2.75, 3.05) is 0 Å². The number of rotatable bonds is 5. The van der Waals surface area contributed by atoms with Crippen molar-refractivity contribution in [3.63, 3.8) is 0 Å². The molecule has 0 aliphatic carbocycles. The Kier molecular flexibility index (Phi) is 4.63. The summed E-state index contributed by atoms with van der Waals surface area (Å²) in [5.74, 6) is 0. The van der Waals surface area contributed by atoms with Crippen LogP contribution in [0, 0.1) is 0 Å². The maximum Gasteiger partial charge on any atom is 0.180 e. The molecule has 0 bridgehead atoms. The Labute approximate surface area is 102 Å². The van der Waals surface area contributed by atoms with Crippen LogP contribution in [0.1, 0.15) is 25.8 Å². The van der Waals surface area contributed by atoms with Gasteiger partial charge in [-0.1, -0.05) is 24.3 Å². The van der Waals surface area contributed by atoms with Crippen LogP contribution in [0.3, 0.4) is 0 Å². The first-order valence-electron chi connectivity index (χ1n) is 5.42. The van der Waals surface area contributed by atoms with Gasteiger partial charge in [-0.05, 0) is 31.5 Å². The molecule has 0 heterocycles. The van der Waals surface area contributed by atoms with Crippen LogP contribution in [0.25, 0.3) is 6.08 Å². The summed E-state index contributed by atoms with van der Waals surface area (Å²) >= 11 is 0. The summed E-state index contributed by atoms with van der Waals surface area (Å²) in [5, 5.41) is -0.434. The summed E-state index contributed by atoms with van der Waals surface area (Å²) in [4.78, 5) is 10.5. The van der Waals surface area contributed by atoms with Gasteiger partial charge in [-0.3, -0.25) is 0 Å². The van der Waals surface area contributed by atoms with Gasteiger partial charge < -0.3 is 4.79 Å². The molecule has 0 unspecified atom stereocenters. The van der Waals surface area contributed by atoms with Gasteiger partial charge in [0.1, 0.15) is 6.29 Å². The lowest BCUT2D eigenvalue weighted by Crippen LogP contribution is -2.13. The quantitative estimate of drug-likeness (QED) is 0.756. The molecular formula is C13H16O3S. The number of allylic oxidation sites excluding steroid dienone is 1. The summed E-state index contributed by atoms with van der Waals surface area (Å²) in [7, 11) is -3.23. The largest absolute Gasteiger partial charge is 0.303 e. The molecule has 0 aliphatic heterocycles. The number of hydrogen-bond acceptors (Lipinski definition) is 3. The zero-order valence-corrected chi connectivity index (χ0v) is 10.8. The first-order chi connectivity index (χ1) is 7.98. The summed E-state index contributed by atoms with van der Waals surface area (Å²) in [6.07, 6.45) is 4.58. The maximum atomic E-state index is 11.9. The van der Waals surface area contributed by atoms with Gasteiger partial charge in [0.25, 0.3) is 0 Å². The van der Waals surface area contributed by atoms with E-state index in [-0.39, 0.29) is 0 Å². The van der Waals surface area contributed by atoms with E-state index >= 15 is 0 Å². The topological polar surface area (TPSA) is 51.2 Å². The van der Waals surface area contributed by atoms with Gasteiger partial charge in [0.05, 0.1) is 10.1 Å². The molecule has 0 aromatic heterocycles. The Morgan fingerprint density at radius 2 is 2.00 bits per heavy atom. The number of aldehydes is 1. The van der Waals surface area contributed by atoms with Gasteiger partial charge >= 0.3 is 0 Å². The molecule has 17 heavy (non-hydrogen) atoms. The summed E-state index contributed by atoms with van der Waals surface area (Å²) in [6.45, 7) is 3.31. The second-order valence-electron chi connectivity index (χ2n) is 3.97. The predicted molar refractivity (Wildman–Crippen MR) is 68.5 cm³/mol. The third-order valence-corrected chi connectivity index (χ3v) is 4.50. The minimum Gasteiger partial charge on any atom is -0.303 e. The van der Waals surface area contributed by atoms with E-state index in [0.717, 1.165) is 11.8 Å². The number of hydrogen-bond donors (Lipinski definition) is 0. The van der Waals surface area contributed by atoms with Crippen molar-refractivity contribution in [1.82, 2.24) is 0 Å².